The molecule has 0 aliphatic heterocycles. The van der Waals surface area contributed by atoms with E-state index >= 15 is 0 Å². The van der Waals surface area contributed by atoms with Crippen LogP contribution >= 0.6 is 11.8 Å². The highest BCUT2D eigenvalue weighted by molar-refractivity contribution is 7.99. The number of nitrogens with zero attached hydrogens (tertiary/aromatic N) is 4. The number of hydrogen-bond acceptors (Lipinski definition) is 5. The molecule has 1 N–H and O–H groups in total. The number of rotatable bonds is 7. The van der Waals surface area contributed by atoms with Crippen LogP contribution in [0.4, 0.5) is 24.5 Å². The summed E-state index contributed by atoms with van der Waals surface area (Å²) in [6.07, 6.45) is -4.57. The topological polar surface area (TPSA) is 63.1 Å². The average Bonchev–Trinajstić information content (AvgIpc) is 2.96. The lowest BCUT2D eigenvalue weighted by atomic mass is 10.2. The van der Waals surface area contributed by atoms with Gasteiger partial charge < -0.3 is 14.8 Å². The lowest BCUT2D eigenvalue weighted by Gasteiger charge is -2.21. The van der Waals surface area contributed by atoms with E-state index in [9.17, 15) is 18.0 Å². The van der Waals surface area contributed by atoms with E-state index in [2.05, 4.69) is 34.3 Å². The normalized spacial score (nSPS) is 11.5. The zero-order chi connectivity index (χ0) is 19.3. The molecule has 0 unspecified atom stereocenters. The van der Waals surface area contributed by atoms with Gasteiger partial charge in [-0.2, -0.15) is 13.2 Å². The van der Waals surface area contributed by atoms with Gasteiger partial charge in [0, 0.05) is 31.5 Å². The molecule has 142 valence electrons. The van der Waals surface area contributed by atoms with Crippen LogP contribution in [0.2, 0.25) is 0 Å². The molecular weight excluding hydrogens is 367 g/mol. The molecule has 2 rings (SSSR count). The van der Waals surface area contributed by atoms with E-state index in [0.717, 1.165) is 35.1 Å². The van der Waals surface area contributed by atoms with Crippen molar-refractivity contribution < 1.29 is 18.0 Å². The molecule has 0 spiro atoms. The predicted octanol–water partition coefficient (Wildman–Crippen LogP) is 3.41. The van der Waals surface area contributed by atoms with E-state index in [1.54, 1.807) is 12.1 Å². The number of carbonyl (C=O) groups excluding carboxylic acids is 1. The van der Waals surface area contributed by atoms with E-state index in [1.807, 2.05) is 12.1 Å². The maximum absolute atomic E-state index is 12.7. The number of aromatic nitrogens is 3. The Morgan fingerprint density at radius 3 is 2.31 bits per heavy atom. The van der Waals surface area contributed by atoms with E-state index in [1.165, 1.54) is 7.05 Å². The molecule has 0 aliphatic rings. The Labute approximate surface area is 153 Å². The maximum atomic E-state index is 12.7. The minimum atomic E-state index is -4.57. The van der Waals surface area contributed by atoms with E-state index in [4.69, 9.17) is 0 Å². The van der Waals surface area contributed by atoms with Gasteiger partial charge in [0.1, 0.15) is 0 Å². The Bertz CT molecular complexity index is 741. The number of carbonyl (C=O) groups is 1. The van der Waals surface area contributed by atoms with Gasteiger partial charge in [0.15, 0.2) is 5.16 Å². The summed E-state index contributed by atoms with van der Waals surface area (Å²) in [5.41, 5.74) is 1.68. The Hall–Kier alpha value is -2.23. The number of hydrogen-bond donors (Lipinski definition) is 1. The minimum Gasteiger partial charge on any atom is -0.372 e. The van der Waals surface area contributed by atoms with Crippen molar-refractivity contribution in [3.63, 3.8) is 0 Å². The number of amides is 1. The molecule has 26 heavy (non-hydrogen) atoms. The molecular formula is C16H20F3N5OS. The van der Waals surface area contributed by atoms with Crippen LogP contribution in [0.25, 0.3) is 0 Å². The van der Waals surface area contributed by atoms with Crippen molar-refractivity contribution in [3.8, 4) is 0 Å². The van der Waals surface area contributed by atoms with Crippen LogP contribution in [-0.4, -0.2) is 39.5 Å². The van der Waals surface area contributed by atoms with Crippen LogP contribution in [-0.2, 0) is 18.0 Å². The van der Waals surface area contributed by atoms with Crippen LogP contribution in [0.15, 0.2) is 29.4 Å². The summed E-state index contributed by atoms with van der Waals surface area (Å²) in [5.74, 6) is -1.49. The van der Waals surface area contributed by atoms with Crippen molar-refractivity contribution in [1.29, 1.82) is 0 Å². The van der Waals surface area contributed by atoms with Gasteiger partial charge in [-0.05, 0) is 38.1 Å². The molecule has 0 saturated carbocycles. The number of nitrogens with one attached hydrogen (secondary N) is 1. The van der Waals surface area contributed by atoms with Crippen molar-refractivity contribution in [2.45, 2.75) is 25.2 Å². The van der Waals surface area contributed by atoms with Crippen LogP contribution in [0.3, 0.4) is 0 Å². The number of halogens is 3. The van der Waals surface area contributed by atoms with Gasteiger partial charge in [0.2, 0.25) is 11.7 Å². The molecule has 0 atom stereocenters. The monoisotopic (exact) mass is 387 g/mol. The van der Waals surface area contributed by atoms with Gasteiger partial charge in [-0.1, -0.05) is 11.8 Å². The molecule has 0 bridgehead atoms. The zero-order valence-corrected chi connectivity index (χ0v) is 15.5. The zero-order valence-electron chi connectivity index (χ0n) is 14.7. The largest absolute Gasteiger partial charge is 0.451 e. The molecule has 6 nitrogen and oxygen atoms in total. The van der Waals surface area contributed by atoms with E-state index in [0.29, 0.717) is 5.69 Å². The highest BCUT2D eigenvalue weighted by Gasteiger charge is 2.37. The van der Waals surface area contributed by atoms with Gasteiger partial charge in [0.25, 0.3) is 0 Å². The average molecular weight is 387 g/mol. The molecule has 1 heterocycles. The minimum absolute atomic E-state index is 0.0318. The molecule has 10 heteroatoms. The first kappa shape index (κ1) is 20.1. The van der Waals surface area contributed by atoms with Crippen LogP contribution in [0.5, 0.6) is 0 Å². The molecule has 1 amide bonds. The standard InChI is InChI=1S/C16H20F3N5OS/c1-4-24(5-2)12-8-6-11(7-9-12)20-13(25)10-26-15-22-21-14(23(15)3)16(17,18)19/h6-9H,4-5,10H2,1-3H3,(H,20,25). The lowest BCUT2D eigenvalue weighted by molar-refractivity contribution is -0.147. The van der Waals surface area contributed by atoms with Crippen molar-refractivity contribution in [1.82, 2.24) is 14.8 Å². The van der Waals surface area contributed by atoms with Crippen LogP contribution in [0.1, 0.15) is 19.7 Å². The van der Waals surface area contributed by atoms with Crippen molar-refractivity contribution in [2.24, 2.45) is 7.05 Å². The second-order valence-electron chi connectivity index (χ2n) is 5.42. The van der Waals surface area contributed by atoms with Gasteiger partial charge in [-0.25, -0.2) is 0 Å². The van der Waals surface area contributed by atoms with Gasteiger partial charge in [0.05, 0.1) is 5.75 Å². The van der Waals surface area contributed by atoms with Crippen molar-refractivity contribution in [3.05, 3.63) is 30.1 Å². The SMILES string of the molecule is CCN(CC)c1ccc(NC(=O)CSc2nnc(C(F)(F)F)n2C)cc1. The molecule has 1 aromatic carbocycles. The van der Waals surface area contributed by atoms with E-state index in [-0.39, 0.29) is 16.8 Å². The third-order valence-electron chi connectivity index (χ3n) is 3.70. The second-order valence-corrected chi connectivity index (χ2v) is 6.36. The van der Waals surface area contributed by atoms with Crippen molar-refractivity contribution >= 4 is 29.0 Å². The first-order chi connectivity index (χ1) is 12.3. The van der Waals surface area contributed by atoms with Gasteiger partial charge >= 0.3 is 6.18 Å². The summed E-state index contributed by atoms with van der Waals surface area (Å²) < 4.78 is 38.9. The Morgan fingerprint density at radius 2 is 1.81 bits per heavy atom. The summed E-state index contributed by atoms with van der Waals surface area (Å²) in [5, 5.41) is 9.35. The number of anilines is 2. The number of alkyl halides is 3. The summed E-state index contributed by atoms with van der Waals surface area (Å²) in [7, 11) is 1.22. The van der Waals surface area contributed by atoms with Gasteiger partial charge in [-0.15, -0.1) is 10.2 Å². The first-order valence-corrected chi connectivity index (χ1v) is 8.99. The fourth-order valence-corrected chi connectivity index (χ4v) is 3.07. The number of benzene rings is 1. The van der Waals surface area contributed by atoms with Gasteiger partial charge in [-0.3, -0.25) is 4.79 Å². The maximum Gasteiger partial charge on any atom is 0.451 e. The van der Waals surface area contributed by atoms with Crippen LogP contribution in [0, 0.1) is 0 Å². The quantitative estimate of drug-likeness (QED) is 0.738. The summed E-state index contributed by atoms with van der Waals surface area (Å²) in [4.78, 5) is 14.2. The highest BCUT2D eigenvalue weighted by atomic mass is 32.2. The smallest absolute Gasteiger partial charge is 0.372 e. The fourth-order valence-electron chi connectivity index (χ4n) is 2.36. The fraction of sp³-hybridized carbons (Fsp3) is 0.438. The summed E-state index contributed by atoms with van der Waals surface area (Å²) >= 11 is 0.896. The molecule has 0 radical (unpaired) electrons. The first-order valence-electron chi connectivity index (χ1n) is 8.00. The predicted molar refractivity (Wildman–Crippen MR) is 95.4 cm³/mol. The van der Waals surface area contributed by atoms with E-state index < -0.39 is 12.0 Å². The third-order valence-corrected chi connectivity index (χ3v) is 4.72. The molecule has 0 saturated heterocycles. The third kappa shape index (κ3) is 4.90. The lowest BCUT2D eigenvalue weighted by Crippen LogP contribution is -2.21. The Kier molecular flexibility index (Phi) is 6.52. The van der Waals surface area contributed by atoms with Crippen LogP contribution < -0.4 is 10.2 Å². The summed E-state index contributed by atoms with van der Waals surface area (Å²) in [6, 6.07) is 7.41. The Balaban J connectivity index is 1.92. The molecule has 2 aromatic rings. The Morgan fingerprint density at radius 1 is 1.19 bits per heavy atom. The highest BCUT2D eigenvalue weighted by Crippen LogP contribution is 2.29. The summed E-state index contributed by atoms with van der Waals surface area (Å²) in [6.45, 7) is 5.90. The molecule has 0 fully saturated rings. The molecule has 1 aromatic heterocycles. The molecule has 0 aliphatic carbocycles. The van der Waals surface area contributed by atoms with Crippen molar-refractivity contribution in [2.75, 3.05) is 29.1 Å². The number of thioether (sulfide) groups is 1. The second kappa shape index (κ2) is 8.43.